The van der Waals surface area contributed by atoms with Gasteiger partial charge in [0.25, 0.3) is 0 Å². The summed E-state index contributed by atoms with van der Waals surface area (Å²) in [7, 11) is -1.59. The Hall–Kier alpha value is -0.343. The molecule has 0 aromatic carbocycles. The van der Waals surface area contributed by atoms with Gasteiger partial charge in [-0.2, -0.15) is 0 Å². The van der Waals surface area contributed by atoms with Gasteiger partial charge in [-0.25, -0.2) is 0 Å². The van der Waals surface area contributed by atoms with E-state index in [9.17, 15) is 0 Å². The molecule has 1 aliphatic carbocycles. The van der Waals surface area contributed by atoms with E-state index >= 15 is 0 Å². The highest BCUT2D eigenvalue weighted by Gasteiger charge is 2.49. The van der Waals surface area contributed by atoms with Crippen LogP contribution in [0.25, 0.3) is 0 Å². The molecule has 0 aromatic heterocycles. The molecule has 2 rings (SSSR count). The van der Waals surface area contributed by atoms with Gasteiger partial charge in [0.2, 0.25) is 0 Å². The van der Waals surface area contributed by atoms with Crippen LogP contribution in [0.2, 0.25) is 17.1 Å². The fourth-order valence-corrected chi connectivity index (χ4v) is 8.92. The summed E-state index contributed by atoms with van der Waals surface area (Å²) in [5, 5.41) is 0. The Bertz CT molecular complexity index is 395. The minimum absolute atomic E-state index is 0.600. The molecule has 1 heterocycles. The monoisotopic (exact) mass is 278 g/mol. The van der Waals surface area contributed by atoms with Gasteiger partial charge in [-0.1, -0.05) is 53.7 Å². The van der Waals surface area contributed by atoms with Gasteiger partial charge in [0, 0.05) is 0 Å². The van der Waals surface area contributed by atoms with Crippen LogP contribution in [0.4, 0.5) is 0 Å². The molecular formula is C17H30OSi. The molecule has 108 valence electrons. The Balaban J connectivity index is 2.31. The molecule has 0 amide bonds. The highest BCUT2D eigenvalue weighted by atomic mass is 28.4. The molecule has 0 bridgehead atoms. The van der Waals surface area contributed by atoms with Crippen LogP contribution in [-0.4, -0.2) is 14.9 Å². The van der Waals surface area contributed by atoms with E-state index in [2.05, 4.69) is 48.1 Å². The lowest BCUT2D eigenvalue weighted by Crippen LogP contribution is -2.49. The van der Waals surface area contributed by atoms with E-state index < -0.39 is 8.32 Å². The van der Waals surface area contributed by atoms with Crippen molar-refractivity contribution >= 4 is 8.32 Å². The molecule has 2 aliphatic rings. The first kappa shape index (κ1) is 15.1. The Morgan fingerprint density at radius 2 is 1.68 bits per heavy atom. The molecule has 2 heteroatoms. The number of hydrogen-bond donors (Lipinski definition) is 0. The molecule has 1 fully saturated rings. The minimum Gasteiger partial charge on any atom is -0.412 e. The summed E-state index contributed by atoms with van der Waals surface area (Å²) >= 11 is 0. The zero-order chi connectivity index (χ0) is 14.4. The lowest BCUT2D eigenvalue weighted by molar-refractivity contribution is 0.274. The average molecular weight is 279 g/mol. The maximum absolute atomic E-state index is 6.57. The molecule has 1 unspecified atom stereocenters. The summed E-state index contributed by atoms with van der Waals surface area (Å²) in [6.45, 7) is 19.3. The van der Waals surface area contributed by atoms with Crippen LogP contribution < -0.4 is 0 Å². The maximum atomic E-state index is 6.57. The van der Waals surface area contributed by atoms with Gasteiger partial charge < -0.3 is 4.43 Å². The molecule has 0 saturated carbocycles. The third-order valence-corrected chi connectivity index (χ3v) is 11.0. The molecule has 0 N–H and O–H groups in total. The van der Waals surface area contributed by atoms with Gasteiger partial charge in [0.1, 0.15) is 0 Å². The molecule has 1 nitrogen and oxygen atoms in total. The van der Waals surface area contributed by atoms with E-state index in [1.54, 1.807) is 5.57 Å². The fraction of sp³-hybridized carbons (Fsp3) is 0.765. The lowest BCUT2D eigenvalue weighted by Gasteiger charge is -2.45. The highest BCUT2D eigenvalue weighted by Crippen LogP contribution is 2.51. The second-order valence-electron chi connectivity index (χ2n) is 7.36. The molecule has 0 spiro atoms. The SMILES string of the molecule is C=C1CC2C[Si](C(C)C)(C(C)C)OCC2=C1C(C)C. The van der Waals surface area contributed by atoms with Gasteiger partial charge in [0.15, 0.2) is 8.32 Å². The zero-order valence-corrected chi connectivity index (χ0v) is 14.5. The van der Waals surface area contributed by atoms with Crippen LogP contribution in [0.5, 0.6) is 0 Å². The molecule has 19 heavy (non-hydrogen) atoms. The zero-order valence-electron chi connectivity index (χ0n) is 13.5. The van der Waals surface area contributed by atoms with Crippen molar-refractivity contribution in [2.75, 3.05) is 6.61 Å². The topological polar surface area (TPSA) is 9.23 Å². The lowest BCUT2D eigenvalue weighted by atomic mass is 9.96. The van der Waals surface area contributed by atoms with Crippen LogP contribution in [0, 0.1) is 11.8 Å². The smallest absolute Gasteiger partial charge is 0.198 e. The number of fused-ring (bicyclic) bond motifs is 1. The summed E-state index contributed by atoms with van der Waals surface area (Å²) in [6.07, 6.45) is 1.19. The Labute approximate surface area is 120 Å². The largest absolute Gasteiger partial charge is 0.412 e. The third kappa shape index (κ3) is 2.38. The number of rotatable bonds is 3. The van der Waals surface area contributed by atoms with Gasteiger partial charge in [-0.05, 0) is 46.5 Å². The van der Waals surface area contributed by atoms with Crippen molar-refractivity contribution in [2.24, 2.45) is 11.8 Å². The van der Waals surface area contributed by atoms with Crippen LogP contribution in [-0.2, 0) is 4.43 Å². The van der Waals surface area contributed by atoms with Gasteiger partial charge in [-0.15, -0.1) is 0 Å². The van der Waals surface area contributed by atoms with Gasteiger partial charge >= 0.3 is 0 Å². The first-order valence-electron chi connectivity index (χ1n) is 7.84. The molecule has 1 atom stereocenters. The van der Waals surface area contributed by atoms with E-state index in [1.165, 1.54) is 23.6 Å². The predicted octanol–water partition coefficient (Wildman–Crippen LogP) is 5.31. The summed E-state index contributed by atoms with van der Waals surface area (Å²) in [6, 6.07) is 1.31. The van der Waals surface area contributed by atoms with Crippen molar-refractivity contribution in [3.8, 4) is 0 Å². The van der Waals surface area contributed by atoms with Crippen molar-refractivity contribution < 1.29 is 4.43 Å². The van der Waals surface area contributed by atoms with Crippen molar-refractivity contribution in [1.82, 2.24) is 0 Å². The van der Waals surface area contributed by atoms with Crippen LogP contribution >= 0.6 is 0 Å². The molecule has 0 aromatic rings. The van der Waals surface area contributed by atoms with Crippen molar-refractivity contribution in [3.63, 3.8) is 0 Å². The van der Waals surface area contributed by atoms with Crippen molar-refractivity contribution in [1.29, 1.82) is 0 Å². The van der Waals surface area contributed by atoms with E-state index in [0.717, 1.165) is 12.5 Å². The highest BCUT2D eigenvalue weighted by molar-refractivity contribution is 6.76. The summed E-state index contributed by atoms with van der Waals surface area (Å²) < 4.78 is 6.57. The molecule has 0 radical (unpaired) electrons. The van der Waals surface area contributed by atoms with E-state index in [0.29, 0.717) is 17.0 Å². The van der Waals surface area contributed by atoms with Crippen LogP contribution in [0.15, 0.2) is 23.3 Å². The van der Waals surface area contributed by atoms with E-state index in [1.807, 2.05) is 0 Å². The summed E-state index contributed by atoms with van der Waals surface area (Å²) in [5.41, 5.74) is 5.93. The second kappa shape index (κ2) is 5.21. The van der Waals surface area contributed by atoms with Gasteiger partial charge in [-0.3, -0.25) is 0 Å². The molecule has 1 aliphatic heterocycles. The number of allylic oxidation sites excluding steroid dienone is 2. The first-order chi connectivity index (χ1) is 8.79. The first-order valence-corrected chi connectivity index (χ1v) is 10.1. The molecular weight excluding hydrogens is 248 g/mol. The second-order valence-corrected chi connectivity index (χ2v) is 12.3. The summed E-state index contributed by atoms with van der Waals surface area (Å²) in [4.78, 5) is 0. The van der Waals surface area contributed by atoms with E-state index in [4.69, 9.17) is 4.43 Å². The van der Waals surface area contributed by atoms with Crippen molar-refractivity contribution in [3.05, 3.63) is 23.3 Å². The quantitative estimate of drug-likeness (QED) is 0.636. The standard InChI is InChI=1S/C17H30OSi/c1-11(2)17-14(7)8-15-10-19(12(3)4,13(5)6)18-9-16(15)17/h11-13,15H,7-10H2,1-6H3. The van der Waals surface area contributed by atoms with Crippen molar-refractivity contribution in [2.45, 2.75) is 65.1 Å². The Morgan fingerprint density at radius 3 is 2.16 bits per heavy atom. The normalized spacial score (nSPS) is 26.8. The Morgan fingerprint density at radius 1 is 1.11 bits per heavy atom. The predicted molar refractivity (Wildman–Crippen MR) is 85.8 cm³/mol. The maximum Gasteiger partial charge on any atom is 0.198 e. The van der Waals surface area contributed by atoms with Crippen LogP contribution in [0.3, 0.4) is 0 Å². The average Bonchev–Trinajstić information content (AvgIpc) is 2.62. The third-order valence-electron chi connectivity index (χ3n) is 5.31. The summed E-state index contributed by atoms with van der Waals surface area (Å²) in [5.74, 6) is 1.35. The van der Waals surface area contributed by atoms with Crippen LogP contribution in [0.1, 0.15) is 48.0 Å². The van der Waals surface area contributed by atoms with E-state index in [-0.39, 0.29) is 0 Å². The number of hydrogen-bond acceptors (Lipinski definition) is 1. The molecule has 1 saturated heterocycles. The van der Waals surface area contributed by atoms with Gasteiger partial charge in [0.05, 0.1) is 6.61 Å². The fourth-order valence-electron chi connectivity index (χ4n) is 4.28. The minimum atomic E-state index is -1.59. The Kier molecular flexibility index (Phi) is 4.13.